The molecule has 3 nitrogen and oxygen atoms in total. The number of halogens is 4. The first kappa shape index (κ1) is 14.9. The normalized spacial score (nSPS) is 11.7. The van der Waals surface area contributed by atoms with E-state index in [1.165, 1.54) is 6.07 Å². The van der Waals surface area contributed by atoms with Crippen molar-refractivity contribution in [2.45, 2.75) is 26.2 Å². The van der Waals surface area contributed by atoms with Gasteiger partial charge in [0.2, 0.25) is 0 Å². The van der Waals surface area contributed by atoms with Gasteiger partial charge in [-0.15, -0.1) is 0 Å². The Morgan fingerprint density at radius 2 is 2.10 bits per heavy atom. The van der Waals surface area contributed by atoms with Crippen molar-refractivity contribution in [1.29, 1.82) is 0 Å². The third kappa shape index (κ3) is 3.53. The lowest BCUT2D eigenvalue weighted by molar-refractivity contribution is -0.138. The molecule has 0 bridgehead atoms. The molecule has 0 fully saturated rings. The average Bonchev–Trinajstić information content (AvgIpc) is 2.84. The summed E-state index contributed by atoms with van der Waals surface area (Å²) >= 11 is 2.91. The SMILES string of the molecule is CCn1cc(CNc2ccc(Br)c(C(F)(F)F)c2)cn1. The van der Waals surface area contributed by atoms with Gasteiger partial charge in [0.05, 0.1) is 11.8 Å². The Bertz CT molecular complexity index is 593. The molecule has 0 saturated carbocycles. The Kier molecular flexibility index (Phi) is 4.37. The fourth-order valence-corrected chi connectivity index (χ4v) is 2.20. The topological polar surface area (TPSA) is 29.9 Å². The lowest BCUT2D eigenvalue weighted by Crippen LogP contribution is -2.07. The maximum absolute atomic E-state index is 12.8. The summed E-state index contributed by atoms with van der Waals surface area (Å²) in [7, 11) is 0. The third-order valence-corrected chi connectivity index (χ3v) is 3.47. The molecule has 2 rings (SSSR count). The fourth-order valence-electron chi connectivity index (χ4n) is 1.73. The van der Waals surface area contributed by atoms with Crippen LogP contribution in [0.1, 0.15) is 18.1 Å². The molecule has 1 aromatic heterocycles. The van der Waals surface area contributed by atoms with Crippen molar-refractivity contribution in [2.75, 3.05) is 5.32 Å². The van der Waals surface area contributed by atoms with Crippen LogP contribution in [-0.2, 0) is 19.3 Å². The predicted octanol–water partition coefficient (Wildman–Crippen LogP) is 4.30. The molecule has 0 atom stereocenters. The van der Waals surface area contributed by atoms with E-state index in [0.717, 1.165) is 18.2 Å². The number of benzene rings is 1. The number of nitrogens with zero attached hydrogens (tertiary/aromatic N) is 2. The monoisotopic (exact) mass is 347 g/mol. The number of aryl methyl sites for hydroxylation is 1. The molecule has 0 aliphatic carbocycles. The number of alkyl halides is 3. The van der Waals surface area contributed by atoms with E-state index < -0.39 is 11.7 Å². The average molecular weight is 348 g/mol. The Labute approximate surface area is 122 Å². The van der Waals surface area contributed by atoms with Gasteiger partial charge < -0.3 is 5.32 Å². The van der Waals surface area contributed by atoms with Crippen LogP contribution < -0.4 is 5.32 Å². The third-order valence-electron chi connectivity index (χ3n) is 2.78. The Balaban J connectivity index is 2.10. The van der Waals surface area contributed by atoms with Gasteiger partial charge in [0.15, 0.2) is 0 Å². The molecule has 0 aliphatic rings. The molecule has 0 amide bonds. The first-order valence-corrected chi connectivity index (χ1v) is 6.81. The molecule has 0 aliphatic heterocycles. The molecule has 7 heteroatoms. The van der Waals surface area contributed by atoms with E-state index in [4.69, 9.17) is 0 Å². The minimum Gasteiger partial charge on any atom is -0.381 e. The van der Waals surface area contributed by atoms with Gasteiger partial charge in [-0.05, 0) is 25.1 Å². The number of aromatic nitrogens is 2. The Morgan fingerprint density at radius 1 is 1.35 bits per heavy atom. The number of hydrogen-bond donors (Lipinski definition) is 1. The molecule has 0 saturated heterocycles. The summed E-state index contributed by atoms with van der Waals surface area (Å²) in [6.45, 7) is 3.16. The number of hydrogen-bond acceptors (Lipinski definition) is 2. The first-order chi connectivity index (χ1) is 9.40. The smallest absolute Gasteiger partial charge is 0.381 e. The van der Waals surface area contributed by atoms with E-state index in [2.05, 4.69) is 26.3 Å². The summed E-state index contributed by atoms with van der Waals surface area (Å²) < 4.78 is 40.1. The predicted molar refractivity (Wildman–Crippen MR) is 74.4 cm³/mol. The lowest BCUT2D eigenvalue weighted by Gasteiger charge is -2.12. The highest BCUT2D eigenvalue weighted by Crippen LogP contribution is 2.36. The molecule has 0 radical (unpaired) electrons. The Hall–Kier alpha value is -1.50. The second-order valence-corrected chi connectivity index (χ2v) is 5.10. The van der Waals surface area contributed by atoms with Gasteiger partial charge in [0, 0.05) is 35.0 Å². The van der Waals surface area contributed by atoms with Crippen LogP contribution in [0.3, 0.4) is 0 Å². The van der Waals surface area contributed by atoms with Crippen molar-refractivity contribution in [1.82, 2.24) is 9.78 Å². The number of anilines is 1. The van der Waals surface area contributed by atoms with Crippen molar-refractivity contribution in [3.05, 3.63) is 46.2 Å². The minimum absolute atomic E-state index is 0.0364. The zero-order chi connectivity index (χ0) is 14.8. The van der Waals surface area contributed by atoms with E-state index in [1.54, 1.807) is 16.9 Å². The minimum atomic E-state index is -4.37. The van der Waals surface area contributed by atoms with E-state index in [-0.39, 0.29) is 4.47 Å². The van der Waals surface area contributed by atoms with Crippen molar-refractivity contribution >= 4 is 21.6 Å². The van der Waals surface area contributed by atoms with Gasteiger partial charge in [-0.2, -0.15) is 18.3 Å². The van der Waals surface area contributed by atoms with Gasteiger partial charge in [-0.3, -0.25) is 4.68 Å². The van der Waals surface area contributed by atoms with Crippen LogP contribution in [0, 0.1) is 0 Å². The van der Waals surface area contributed by atoms with Crippen molar-refractivity contribution in [3.63, 3.8) is 0 Å². The first-order valence-electron chi connectivity index (χ1n) is 6.02. The number of nitrogens with one attached hydrogen (secondary N) is 1. The van der Waals surface area contributed by atoms with Crippen LogP contribution in [0.15, 0.2) is 35.1 Å². The summed E-state index contributed by atoms with van der Waals surface area (Å²) in [6.07, 6.45) is -0.819. The summed E-state index contributed by atoms with van der Waals surface area (Å²) in [5.74, 6) is 0. The van der Waals surface area contributed by atoms with Gasteiger partial charge >= 0.3 is 6.18 Å². The van der Waals surface area contributed by atoms with E-state index in [9.17, 15) is 13.2 Å². The van der Waals surface area contributed by atoms with Crippen LogP contribution in [0.5, 0.6) is 0 Å². The second-order valence-electron chi connectivity index (χ2n) is 4.25. The highest BCUT2D eigenvalue weighted by Gasteiger charge is 2.33. The quantitative estimate of drug-likeness (QED) is 0.893. The fraction of sp³-hybridized carbons (Fsp3) is 0.308. The molecule has 1 heterocycles. The molecule has 0 unspecified atom stereocenters. The summed E-state index contributed by atoms with van der Waals surface area (Å²) in [4.78, 5) is 0. The van der Waals surface area contributed by atoms with Crippen molar-refractivity contribution < 1.29 is 13.2 Å². The van der Waals surface area contributed by atoms with E-state index in [1.807, 2.05) is 13.1 Å². The van der Waals surface area contributed by atoms with E-state index in [0.29, 0.717) is 12.2 Å². The zero-order valence-electron chi connectivity index (χ0n) is 10.7. The molecule has 2 aromatic rings. The van der Waals surface area contributed by atoms with Crippen LogP contribution in [0.25, 0.3) is 0 Å². The van der Waals surface area contributed by atoms with Crippen molar-refractivity contribution in [3.8, 4) is 0 Å². The number of rotatable bonds is 4. The van der Waals surface area contributed by atoms with Gasteiger partial charge in [-0.1, -0.05) is 15.9 Å². The summed E-state index contributed by atoms with van der Waals surface area (Å²) in [5, 5.41) is 7.07. The summed E-state index contributed by atoms with van der Waals surface area (Å²) in [6, 6.07) is 4.08. The molecule has 108 valence electrons. The van der Waals surface area contributed by atoms with Gasteiger partial charge in [0.25, 0.3) is 0 Å². The standard InChI is InChI=1S/C13H13BrF3N3/c1-2-20-8-9(7-19-20)6-18-10-3-4-12(14)11(5-10)13(15,16)17/h3-5,7-8,18H,2,6H2,1H3. The largest absolute Gasteiger partial charge is 0.417 e. The maximum atomic E-state index is 12.8. The second kappa shape index (κ2) is 5.87. The van der Waals surface area contributed by atoms with Crippen LogP contribution in [-0.4, -0.2) is 9.78 Å². The van der Waals surface area contributed by atoms with Crippen LogP contribution in [0.4, 0.5) is 18.9 Å². The molecule has 1 aromatic carbocycles. The van der Waals surface area contributed by atoms with E-state index >= 15 is 0 Å². The van der Waals surface area contributed by atoms with Crippen LogP contribution in [0.2, 0.25) is 0 Å². The molecular weight excluding hydrogens is 335 g/mol. The maximum Gasteiger partial charge on any atom is 0.417 e. The van der Waals surface area contributed by atoms with Crippen molar-refractivity contribution in [2.24, 2.45) is 0 Å². The van der Waals surface area contributed by atoms with Gasteiger partial charge in [-0.25, -0.2) is 0 Å². The zero-order valence-corrected chi connectivity index (χ0v) is 12.3. The Morgan fingerprint density at radius 3 is 2.70 bits per heavy atom. The molecule has 0 spiro atoms. The molecule has 1 N–H and O–H groups in total. The van der Waals surface area contributed by atoms with Gasteiger partial charge in [0.1, 0.15) is 0 Å². The highest BCUT2D eigenvalue weighted by molar-refractivity contribution is 9.10. The highest BCUT2D eigenvalue weighted by atomic mass is 79.9. The van der Waals surface area contributed by atoms with Crippen LogP contribution >= 0.6 is 15.9 Å². The molecule has 20 heavy (non-hydrogen) atoms. The lowest BCUT2D eigenvalue weighted by atomic mass is 10.2. The molecular formula is C13H13BrF3N3. The summed E-state index contributed by atoms with van der Waals surface area (Å²) in [5.41, 5.74) is 0.653.